The lowest BCUT2D eigenvalue weighted by molar-refractivity contribution is -0.116. The van der Waals surface area contributed by atoms with Crippen LogP contribution in [0.4, 0.5) is 5.13 Å². The van der Waals surface area contributed by atoms with E-state index in [1.807, 2.05) is 0 Å². The van der Waals surface area contributed by atoms with Gasteiger partial charge in [-0.05, 0) is 31.2 Å². The number of nitrogens with one attached hydrogen (secondary N) is 1. The number of anilines is 1. The van der Waals surface area contributed by atoms with Crippen LogP contribution in [0.2, 0.25) is 0 Å². The normalized spacial score (nSPS) is 11.6. The van der Waals surface area contributed by atoms with Crippen molar-refractivity contribution in [2.75, 3.05) is 18.9 Å². The molecule has 0 bridgehead atoms. The number of carbonyl (C=O) groups is 1. The molecule has 0 radical (unpaired) electrons. The van der Waals surface area contributed by atoms with Crippen LogP contribution in [-0.2, 0) is 14.8 Å². The van der Waals surface area contributed by atoms with E-state index >= 15 is 0 Å². The Morgan fingerprint density at radius 3 is 2.50 bits per heavy atom. The van der Waals surface area contributed by atoms with E-state index in [2.05, 4.69) is 31.4 Å². The fourth-order valence-corrected chi connectivity index (χ4v) is 3.58. The molecule has 1 aromatic heterocycles. The second-order valence-corrected chi connectivity index (χ2v) is 8.53. The molecular formula is C12H13BrN4O3S2. The first-order valence-corrected chi connectivity index (χ1v) is 9.16. The molecule has 1 amide bonds. The van der Waals surface area contributed by atoms with Crippen molar-refractivity contribution < 1.29 is 13.2 Å². The number of nitrogens with zero attached hydrogens (tertiary/aromatic N) is 3. The SMILES string of the molecule is Cc1nnc(NC(=O)CN(C)S(=O)(=O)c2ccc(Br)cc2)s1. The molecule has 0 fully saturated rings. The molecule has 1 heterocycles. The molecule has 10 heteroatoms. The van der Waals surface area contributed by atoms with Crippen LogP contribution in [0.25, 0.3) is 0 Å². The van der Waals surface area contributed by atoms with Crippen molar-refractivity contribution in [3.05, 3.63) is 33.7 Å². The fraction of sp³-hybridized carbons (Fsp3) is 0.250. The lowest BCUT2D eigenvalue weighted by Gasteiger charge is -2.16. The molecule has 7 nitrogen and oxygen atoms in total. The third-order valence-corrected chi connectivity index (χ3v) is 5.76. The van der Waals surface area contributed by atoms with Gasteiger partial charge in [0, 0.05) is 11.5 Å². The molecule has 2 aromatic rings. The minimum atomic E-state index is -3.72. The summed E-state index contributed by atoms with van der Waals surface area (Å²) in [7, 11) is -2.37. The van der Waals surface area contributed by atoms with E-state index in [9.17, 15) is 13.2 Å². The quantitative estimate of drug-likeness (QED) is 0.820. The second-order valence-electron chi connectivity index (χ2n) is 4.39. The topological polar surface area (TPSA) is 92.3 Å². The lowest BCUT2D eigenvalue weighted by atomic mass is 10.4. The molecule has 22 heavy (non-hydrogen) atoms. The molecule has 0 spiro atoms. The average Bonchev–Trinajstić information content (AvgIpc) is 2.84. The molecule has 118 valence electrons. The number of carbonyl (C=O) groups excluding carboxylic acids is 1. The predicted molar refractivity (Wildman–Crippen MR) is 87.2 cm³/mol. The minimum absolute atomic E-state index is 0.123. The van der Waals surface area contributed by atoms with Crippen molar-refractivity contribution in [2.24, 2.45) is 0 Å². The molecule has 0 aliphatic heterocycles. The summed E-state index contributed by atoms with van der Waals surface area (Å²) < 4.78 is 26.4. The van der Waals surface area contributed by atoms with Crippen LogP contribution < -0.4 is 5.32 Å². The van der Waals surface area contributed by atoms with Crippen molar-refractivity contribution in [2.45, 2.75) is 11.8 Å². The summed E-state index contributed by atoms with van der Waals surface area (Å²) in [6, 6.07) is 6.21. The van der Waals surface area contributed by atoms with Crippen molar-refractivity contribution in [3.8, 4) is 0 Å². The maximum absolute atomic E-state index is 12.3. The maximum Gasteiger partial charge on any atom is 0.243 e. The van der Waals surface area contributed by atoms with Crippen molar-refractivity contribution in [1.29, 1.82) is 0 Å². The zero-order valence-electron chi connectivity index (χ0n) is 11.8. The standard InChI is InChI=1S/C12H13BrN4O3S2/c1-8-15-16-12(21-8)14-11(18)7-17(2)22(19,20)10-5-3-9(13)4-6-10/h3-6H,7H2,1-2H3,(H,14,16,18). The Bertz CT molecular complexity index is 774. The molecule has 1 aromatic carbocycles. The lowest BCUT2D eigenvalue weighted by Crippen LogP contribution is -2.34. The van der Waals surface area contributed by atoms with Crippen LogP contribution in [-0.4, -0.2) is 42.4 Å². The molecule has 2 rings (SSSR count). The molecule has 0 aliphatic carbocycles. The Labute approximate surface area is 140 Å². The van der Waals surface area contributed by atoms with E-state index < -0.39 is 15.9 Å². The van der Waals surface area contributed by atoms with E-state index in [4.69, 9.17) is 0 Å². The molecular weight excluding hydrogens is 392 g/mol. The van der Waals surface area contributed by atoms with Gasteiger partial charge in [0.15, 0.2) is 0 Å². The van der Waals surface area contributed by atoms with E-state index in [0.717, 1.165) is 8.78 Å². The Balaban J connectivity index is 2.05. The molecule has 0 aliphatic rings. The minimum Gasteiger partial charge on any atom is -0.299 e. The van der Waals surface area contributed by atoms with Gasteiger partial charge in [-0.15, -0.1) is 10.2 Å². The summed E-state index contributed by atoms with van der Waals surface area (Å²) in [4.78, 5) is 12.0. The number of aryl methyl sites for hydroxylation is 1. The number of likely N-dealkylation sites (N-methyl/N-ethyl adjacent to an activating group) is 1. The fourth-order valence-electron chi connectivity index (χ4n) is 1.58. The molecule has 0 saturated carbocycles. The van der Waals surface area contributed by atoms with E-state index in [-0.39, 0.29) is 11.4 Å². The molecule has 0 saturated heterocycles. The van der Waals surface area contributed by atoms with Gasteiger partial charge < -0.3 is 0 Å². The van der Waals surface area contributed by atoms with E-state index in [1.165, 1.54) is 30.5 Å². The van der Waals surface area contributed by atoms with Crippen LogP contribution in [0.3, 0.4) is 0 Å². The number of hydrogen-bond donors (Lipinski definition) is 1. The predicted octanol–water partition coefficient (Wildman–Crippen LogP) is 1.87. The molecule has 1 N–H and O–H groups in total. The van der Waals surface area contributed by atoms with Crippen molar-refractivity contribution in [1.82, 2.24) is 14.5 Å². The summed E-state index contributed by atoms with van der Waals surface area (Å²) in [6.07, 6.45) is 0. The van der Waals surface area contributed by atoms with Gasteiger partial charge in [0.05, 0.1) is 11.4 Å². The van der Waals surface area contributed by atoms with Gasteiger partial charge in [0.25, 0.3) is 0 Å². The van der Waals surface area contributed by atoms with Crippen molar-refractivity contribution >= 4 is 48.3 Å². The van der Waals surface area contributed by atoms with Crippen LogP contribution in [0.15, 0.2) is 33.6 Å². The van der Waals surface area contributed by atoms with E-state index in [1.54, 1.807) is 19.1 Å². The summed E-state index contributed by atoms with van der Waals surface area (Å²) in [6.45, 7) is 1.45. The third kappa shape index (κ3) is 4.09. The van der Waals surface area contributed by atoms with Gasteiger partial charge >= 0.3 is 0 Å². The first-order chi connectivity index (χ1) is 10.3. The Kier molecular flexibility index (Phi) is 5.27. The summed E-state index contributed by atoms with van der Waals surface area (Å²) in [5, 5.41) is 11.1. The van der Waals surface area contributed by atoms with Crippen LogP contribution in [0.1, 0.15) is 5.01 Å². The number of sulfonamides is 1. The number of benzene rings is 1. The summed E-state index contributed by atoms with van der Waals surface area (Å²) in [5.41, 5.74) is 0. The van der Waals surface area contributed by atoms with Gasteiger partial charge in [0.2, 0.25) is 21.1 Å². The third-order valence-electron chi connectivity index (χ3n) is 2.66. The zero-order valence-corrected chi connectivity index (χ0v) is 15.0. The Hall–Kier alpha value is -1.36. The monoisotopic (exact) mass is 404 g/mol. The van der Waals surface area contributed by atoms with Crippen molar-refractivity contribution in [3.63, 3.8) is 0 Å². The number of halogens is 1. The van der Waals surface area contributed by atoms with Gasteiger partial charge in [-0.1, -0.05) is 27.3 Å². The summed E-state index contributed by atoms with van der Waals surface area (Å²) >= 11 is 4.47. The highest BCUT2D eigenvalue weighted by atomic mass is 79.9. The highest BCUT2D eigenvalue weighted by Crippen LogP contribution is 2.18. The highest BCUT2D eigenvalue weighted by Gasteiger charge is 2.23. The zero-order chi connectivity index (χ0) is 16.3. The number of amides is 1. The number of aromatic nitrogens is 2. The highest BCUT2D eigenvalue weighted by molar-refractivity contribution is 9.10. The second kappa shape index (κ2) is 6.82. The molecule has 0 atom stereocenters. The Morgan fingerprint density at radius 1 is 1.32 bits per heavy atom. The number of rotatable bonds is 5. The van der Waals surface area contributed by atoms with Gasteiger partial charge in [-0.3, -0.25) is 10.1 Å². The van der Waals surface area contributed by atoms with Gasteiger partial charge in [0.1, 0.15) is 5.01 Å². The Morgan fingerprint density at radius 2 is 1.95 bits per heavy atom. The summed E-state index contributed by atoms with van der Waals surface area (Å²) in [5.74, 6) is -0.473. The van der Waals surface area contributed by atoms with Crippen LogP contribution >= 0.6 is 27.3 Å². The van der Waals surface area contributed by atoms with Crippen LogP contribution in [0.5, 0.6) is 0 Å². The van der Waals surface area contributed by atoms with Gasteiger partial charge in [-0.2, -0.15) is 4.31 Å². The number of hydrogen-bond acceptors (Lipinski definition) is 6. The van der Waals surface area contributed by atoms with E-state index in [0.29, 0.717) is 10.1 Å². The first kappa shape index (κ1) is 17.0. The first-order valence-electron chi connectivity index (χ1n) is 6.11. The average molecular weight is 405 g/mol. The smallest absolute Gasteiger partial charge is 0.243 e. The van der Waals surface area contributed by atoms with Crippen LogP contribution in [0, 0.1) is 6.92 Å². The van der Waals surface area contributed by atoms with Gasteiger partial charge in [-0.25, -0.2) is 8.42 Å². The molecule has 0 unspecified atom stereocenters. The maximum atomic E-state index is 12.3. The largest absolute Gasteiger partial charge is 0.299 e.